The summed E-state index contributed by atoms with van der Waals surface area (Å²) in [5, 5.41) is 7.22. The predicted molar refractivity (Wildman–Crippen MR) is 45.6 cm³/mol. The zero-order valence-corrected chi connectivity index (χ0v) is 7.17. The fourth-order valence-corrected chi connectivity index (χ4v) is 1.42. The number of nitrogens with one attached hydrogen (secondary N) is 1. The SMILES string of the molecule is CN1CCC(N(C)C(=N)N)C1. The number of hydrogen-bond acceptors (Lipinski definition) is 2. The maximum Gasteiger partial charge on any atom is 0.188 e. The molecule has 11 heavy (non-hydrogen) atoms. The van der Waals surface area contributed by atoms with Crippen molar-refractivity contribution in [1.82, 2.24) is 9.80 Å². The highest BCUT2D eigenvalue weighted by molar-refractivity contribution is 5.74. The van der Waals surface area contributed by atoms with Gasteiger partial charge in [0.2, 0.25) is 0 Å². The minimum absolute atomic E-state index is 0.172. The van der Waals surface area contributed by atoms with Crippen LogP contribution in [-0.2, 0) is 0 Å². The van der Waals surface area contributed by atoms with Crippen molar-refractivity contribution in [1.29, 1.82) is 5.41 Å². The topological polar surface area (TPSA) is 56.4 Å². The van der Waals surface area contributed by atoms with Crippen LogP contribution in [0.15, 0.2) is 0 Å². The molecule has 1 unspecified atom stereocenters. The van der Waals surface area contributed by atoms with Crippen LogP contribution < -0.4 is 5.73 Å². The lowest BCUT2D eigenvalue weighted by Crippen LogP contribution is -2.42. The zero-order chi connectivity index (χ0) is 8.43. The molecule has 0 radical (unpaired) electrons. The minimum atomic E-state index is 0.172. The lowest BCUT2D eigenvalue weighted by Gasteiger charge is -2.23. The first-order valence-electron chi connectivity index (χ1n) is 3.86. The Bertz CT molecular complexity index is 157. The molecule has 64 valence electrons. The quantitative estimate of drug-likeness (QED) is 0.398. The van der Waals surface area contributed by atoms with Crippen LogP contribution in [0, 0.1) is 5.41 Å². The average molecular weight is 156 g/mol. The molecule has 0 bridgehead atoms. The molecule has 1 saturated heterocycles. The number of guanidine groups is 1. The van der Waals surface area contributed by atoms with Gasteiger partial charge in [0.1, 0.15) is 0 Å². The molecule has 1 rings (SSSR count). The summed E-state index contributed by atoms with van der Waals surface area (Å²) in [6.45, 7) is 2.14. The second kappa shape index (κ2) is 3.09. The van der Waals surface area contributed by atoms with Crippen molar-refractivity contribution in [2.75, 3.05) is 27.2 Å². The number of hydrogen-bond donors (Lipinski definition) is 2. The van der Waals surface area contributed by atoms with Crippen molar-refractivity contribution >= 4 is 5.96 Å². The van der Waals surface area contributed by atoms with E-state index in [0.29, 0.717) is 6.04 Å². The Morgan fingerprint density at radius 3 is 2.73 bits per heavy atom. The molecular weight excluding hydrogens is 140 g/mol. The summed E-state index contributed by atoms with van der Waals surface area (Å²) in [7, 11) is 3.97. The van der Waals surface area contributed by atoms with E-state index in [1.807, 2.05) is 11.9 Å². The van der Waals surface area contributed by atoms with E-state index in [1.165, 1.54) is 0 Å². The first-order valence-corrected chi connectivity index (χ1v) is 3.86. The number of likely N-dealkylation sites (N-methyl/N-ethyl adjacent to an activating group) is 2. The van der Waals surface area contributed by atoms with Crippen LogP contribution in [0.25, 0.3) is 0 Å². The van der Waals surface area contributed by atoms with E-state index in [0.717, 1.165) is 19.5 Å². The molecule has 1 aliphatic heterocycles. The molecule has 1 fully saturated rings. The summed E-state index contributed by atoms with van der Waals surface area (Å²) in [4.78, 5) is 4.09. The van der Waals surface area contributed by atoms with Crippen LogP contribution in [0.4, 0.5) is 0 Å². The van der Waals surface area contributed by atoms with Crippen LogP contribution in [0.1, 0.15) is 6.42 Å². The summed E-state index contributed by atoms with van der Waals surface area (Å²) in [5.41, 5.74) is 5.35. The molecule has 0 spiro atoms. The van der Waals surface area contributed by atoms with Crippen LogP contribution in [0.2, 0.25) is 0 Å². The van der Waals surface area contributed by atoms with Gasteiger partial charge in [0.15, 0.2) is 5.96 Å². The molecule has 4 heteroatoms. The van der Waals surface area contributed by atoms with Gasteiger partial charge >= 0.3 is 0 Å². The van der Waals surface area contributed by atoms with E-state index in [1.54, 1.807) is 0 Å². The predicted octanol–water partition coefficient (Wildman–Crippen LogP) is -0.484. The third-order valence-corrected chi connectivity index (χ3v) is 2.29. The smallest absolute Gasteiger partial charge is 0.188 e. The second-order valence-electron chi connectivity index (χ2n) is 3.20. The molecule has 1 atom stereocenters. The van der Waals surface area contributed by atoms with E-state index >= 15 is 0 Å². The Hall–Kier alpha value is -0.770. The second-order valence-corrected chi connectivity index (χ2v) is 3.20. The summed E-state index contributed by atoms with van der Waals surface area (Å²) < 4.78 is 0. The molecule has 0 aromatic rings. The average Bonchev–Trinajstić information content (AvgIpc) is 2.34. The number of nitrogens with zero attached hydrogens (tertiary/aromatic N) is 2. The first kappa shape index (κ1) is 8.33. The zero-order valence-electron chi connectivity index (χ0n) is 7.17. The van der Waals surface area contributed by atoms with Crippen molar-refractivity contribution in [2.24, 2.45) is 5.73 Å². The highest BCUT2D eigenvalue weighted by Gasteiger charge is 2.23. The van der Waals surface area contributed by atoms with Crippen LogP contribution in [0.3, 0.4) is 0 Å². The molecule has 1 aliphatic rings. The maximum atomic E-state index is 7.22. The fourth-order valence-electron chi connectivity index (χ4n) is 1.42. The van der Waals surface area contributed by atoms with Gasteiger partial charge in [0.05, 0.1) is 0 Å². The van der Waals surface area contributed by atoms with E-state index in [4.69, 9.17) is 11.1 Å². The Labute approximate surface area is 67.5 Å². The minimum Gasteiger partial charge on any atom is -0.370 e. The fraction of sp³-hybridized carbons (Fsp3) is 0.857. The third-order valence-electron chi connectivity index (χ3n) is 2.29. The summed E-state index contributed by atoms with van der Waals surface area (Å²) in [5.74, 6) is 0.172. The van der Waals surface area contributed by atoms with Crippen molar-refractivity contribution in [3.8, 4) is 0 Å². The number of likely N-dealkylation sites (tertiary alicyclic amines) is 1. The standard InChI is InChI=1S/C7H16N4/c1-10-4-3-6(5-10)11(2)7(8)9/h6H,3-5H2,1-2H3,(H3,8,9). The van der Waals surface area contributed by atoms with Gasteiger partial charge in [-0.1, -0.05) is 0 Å². The lowest BCUT2D eigenvalue weighted by molar-refractivity contribution is 0.339. The van der Waals surface area contributed by atoms with Crippen LogP contribution in [0.5, 0.6) is 0 Å². The van der Waals surface area contributed by atoms with Gasteiger partial charge in [0.25, 0.3) is 0 Å². The largest absolute Gasteiger partial charge is 0.370 e. The molecule has 0 saturated carbocycles. The van der Waals surface area contributed by atoms with Crippen molar-refractivity contribution in [3.05, 3.63) is 0 Å². The van der Waals surface area contributed by atoms with Gasteiger partial charge in [-0.25, -0.2) is 0 Å². The monoisotopic (exact) mass is 156 g/mol. The maximum absolute atomic E-state index is 7.22. The Morgan fingerprint density at radius 2 is 2.36 bits per heavy atom. The van der Waals surface area contributed by atoms with Crippen molar-refractivity contribution in [3.63, 3.8) is 0 Å². The van der Waals surface area contributed by atoms with Gasteiger partial charge in [-0.15, -0.1) is 0 Å². The van der Waals surface area contributed by atoms with Gasteiger partial charge < -0.3 is 15.5 Å². The van der Waals surface area contributed by atoms with E-state index in [9.17, 15) is 0 Å². The molecule has 0 aromatic carbocycles. The van der Waals surface area contributed by atoms with E-state index in [-0.39, 0.29) is 5.96 Å². The first-order chi connectivity index (χ1) is 5.11. The molecule has 1 heterocycles. The summed E-state index contributed by atoms with van der Waals surface area (Å²) >= 11 is 0. The Balaban J connectivity index is 2.43. The van der Waals surface area contributed by atoms with Crippen LogP contribution in [-0.4, -0.2) is 49.0 Å². The normalized spacial score (nSPS) is 25.5. The Kier molecular flexibility index (Phi) is 2.34. The van der Waals surface area contributed by atoms with Gasteiger partial charge in [-0.3, -0.25) is 5.41 Å². The molecule has 0 aliphatic carbocycles. The lowest BCUT2D eigenvalue weighted by atomic mass is 10.2. The highest BCUT2D eigenvalue weighted by Crippen LogP contribution is 2.11. The molecule has 4 nitrogen and oxygen atoms in total. The summed E-state index contributed by atoms with van der Waals surface area (Å²) in [6, 6.07) is 0.442. The van der Waals surface area contributed by atoms with Gasteiger partial charge in [-0.2, -0.15) is 0 Å². The van der Waals surface area contributed by atoms with Crippen molar-refractivity contribution in [2.45, 2.75) is 12.5 Å². The molecule has 3 N–H and O–H groups in total. The van der Waals surface area contributed by atoms with Gasteiger partial charge in [-0.05, 0) is 20.0 Å². The summed E-state index contributed by atoms with van der Waals surface area (Å²) in [6.07, 6.45) is 1.12. The molecular formula is C7H16N4. The molecule has 0 amide bonds. The van der Waals surface area contributed by atoms with Crippen molar-refractivity contribution < 1.29 is 0 Å². The third kappa shape index (κ3) is 1.83. The van der Waals surface area contributed by atoms with Gasteiger partial charge in [0, 0.05) is 19.6 Å². The van der Waals surface area contributed by atoms with Crippen LogP contribution >= 0.6 is 0 Å². The molecule has 0 aromatic heterocycles. The number of nitrogens with two attached hydrogens (primary N) is 1. The number of rotatable bonds is 1. The Morgan fingerprint density at radius 1 is 1.73 bits per heavy atom. The highest BCUT2D eigenvalue weighted by atomic mass is 15.3. The van der Waals surface area contributed by atoms with E-state index in [2.05, 4.69) is 11.9 Å². The van der Waals surface area contributed by atoms with E-state index < -0.39 is 0 Å².